The van der Waals surface area contributed by atoms with Gasteiger partial charge in [-0.25, -0.2) is 0 Å². The maximum atomic E-state index is 12.5. The summed E-state index contributed by atoms with van der Waals surface area (Å²) < 4.78 is 5.28. The molecule has 6 nitrogen and oxygen atoms in total. The molecular formula is C19H25ClN2O4. The Bertz CT molecular complexity index is 652. The number of esters is 1. The first-order valence-electron chi connectivity index (χ1n) is 8.78. The van der Waals surface area contributed by atoms with Crippen molar-refractivity contribution in [3.8, 4) is 0 Å². The Kier molecular flexibility index (Phi) is 7.03. The number of halogens is 1. The zero-order chi connectivity index (χ0) is 19.3. The molecule has 2 amide bonds. The number of likely N-dealkylation sites (tertiary alicyclic amines) is 1. The van der Waals surface area contributed by atoms with Crippen LogP contribution in [0.2, 0.25) is 5.02 Å². The Balaban J connectivity index is 1.90. The summed E-state index contributed by atoms with van der Waals surface area (Å²) in [5.41, 5.74) is 6.10. The molecule has 0 aromatic heterocycles. The van der Waals surface area contributed by atoms with Crippen molar-refractivity contribution in [2.75, 3.05) is 19.7 Å². The van der Waals surface area contributed by atoms with Gasteiger partial charge in [0, 0.05) is 24.0 Å². The van der Waals surface area contributed by atoms with Gasteiger partial charge >= 0.3 is 5.97 Å². The Labute approximate surface area is 158 Å². The largest absolute Gasteiger partial charge is 0.455 e. The lowest BCUT2D eigenvalue weighted by molar-refractivity contribution is -0.154. The van der Waals surface area contributed by atoms with Gasteiger partial charge in [-0.05, 0) is 36.5 Å². The number of amides is 2. The summed E-state index contributed by atoms with van der Waals surface area (Å²) in [5.74, 6) is -1.63. The van der Waals surface area contributed by atoms with E-state index in [9.17, 15) is 14.4 Å². The van der Waals surface area contributed by atoms with E-state index in [-0.39, 0.29) is 30.3 Å². The average molecular weight is 381 g/mol. The van der Waals surface area contributed by atoms with Gasteiger partial charge in [-0.3, -0.25) is 14.4 Å². The molecule has 0 spiro atoms. The van der Waals surface area contributed by atoms with Gasteiger partial charge in [0.25, 0.3) is 5.91 Å². The predicted octanol–water partition coefficient (Wildman–Crippen LogP) is 2.35. The van der Waals surface area contributed by atoms with Crippen LogP contribution in [-0.2, 0) is 19.1 Å². The minimum Gasteiger partial charge on any atom is -0.455 e. The number of nitrogens with zero attached hydrogens (tertiary/aromatic N) is 1. The lowest BCUT2D eigenvalue weighted by Gasteiger charge is -2.30. The first-order chi connectivity index (χ1) is 12.3. The number of piperidine rings is 1. The van der Waals surface area contributed by atoms with Gasteiger partial charge in [-0.15, -0.1) is 0 Å². The molecule has 1 aromatic carbocycles. The average Bonchev–Trinajstić information content (AvgIpc) is 2.61. The lowest BCUT2D eigenvalue weighted by Crippen LogP contribution is -2.43. The van der Waals surface area contributed by atoms with Gasteiger partial charge in [0.05, 0.1) is 5.92 Å². The molecule has 1 heterocycles. The van der Waals surface area contributed by atoms with E-state index in [0.29, 0.717) is 31.0 Å². The third-order valence-electron chi connectivity index (χ3n) is 4.74. The molecule has 1 aliphatic rings. The van der Waals surface area contributed by atoms with E-state index in [2.05, 4.69) is 0 Å². The molecule has 1 fully saturated rings. The molecular weight excluding hydrogens is 356 g/mol. The fraction of sp³-hybridized carbons (Fsp3) is 0.526. The Hall–Kier alpha value is -2.08. The predicted molar refractivity (Wildman–Crippen MR) is 98.5 cm³/mol. The van der Waals surface area contributed by atoms with Crippen LogP contribution < -0.4 is 5.73 Å². The summed E-state index contributed by atoms with van der Waals surface area (Å²) in [6.45, 7) is 4.47. The highest BCUT2D eigenvalue weighted by molar-refractivity contribution is 6.30. The fourth-order valence-electron chi connectivity index (χ4n) is 3.19. The minimum absolute atomic E-state index is 0.0186. The van der Waals surface area contributed by atoms with Crippen LogP contribution in [0, 0.1) is 11.8 Å². The topological polar surface area (TPSA) is 89.7 Å². The number of hydrogen-bond acceptors (Lipinski definition) is 4. The third-order valence-corrected chi connectivity index (χ3v) is 4.99. The molecule has 1 atom stereocenters. The molecule has 1 aromatic rings. The zero-order valence-corrected chi connectivity index (χ0v) is 15.9. The normalized spacial score (nSPS) is 16.4. The number of carbonyl (C=O) groups is 3. The van der Waals surface area contributed by atoms with Gasteiger partial charge in [0.2, 0.25) is 5.91 Å². The Morgan fingerprint density at radius 3 is 2.27 bits per heavy atom. The third kappa shape index (κ3) is 5.21. The van der Waals surface area contributed by atoms with Crippen LogP contribution in [0.15, 0.2) is 24.3 Å². The number of hydrogen-bond donors (Lipinski definition) is 1. The van der Waals surface area contributed by atoms with Crippen LogP contribution in [0.3, 0.4) is 0 Å². The smallest absolute Gasteiger partial charge is 0.314 e. The minimum atomic E-state index is -0.458. The van der Waals surface area contributed by atoms with Crippen LogP contribution in [0.5, 0.6) is 0 Å². The fourth-order valence-corrected chi connectivity index (χ4v) is 3.32. The molecule has 2 rings (SSSR count). The van der Waals surface area contributed by atoms with E-state index in [0.717, 1.165) is 5.56 Å². The summed E-state index contributed by atoms with van der Waals surface area (Å²) in [5, 5.41) is 0.596. The summed E-state index contributed by atoms with van der Waals surface area (Å²) in [6.07, 6.45) is 1.10. The van der Waals surface area contributed by atoms with Gasteiger partial charge in [-0.1, -0.05) is 37.6 Å². The Morgan fingerprint density at radius 2 is 1.77 bits per heavy atom. The molecule has 26 heavy (non-hydrogen) atoms. The highest BCUT2D eigenvalue weighted by Crippen LogP contribution is 2.27. The molecule has 0 unspecified atom stereocenters. The van der Waals surface area contributed by atoms with E-state index in [1.807, 2.05) is 13.8 Å². The number of rotatable bonds is 6. The van der Waals surface area contributed by atoms with E-state index >= 15 is 0 Å². The van der Waals surface area contributed by atoms with Crippen LogP contribution in [0.25, 0.3) is 0 Å². The van der Waals surface area contributed by atoms with Gasteiger partial charge in [-0.2, -0.15) is 0 Å². The second-order valence-corrected chi connectivity index (χ2v) is 7.37. The Morgan fingerprint density at radius 1 is 1.19 bits per heavy atom. The van der Waals surface area contributed by atoms with Gasteiger partial charge in [0.15, 0.2) is 6.61 Å². The first-order valence-corrected chi connectivity index (χ1v) is 9.16. The van der Waals surface area contributed by atoms with Crippen LogP contribution >= 0.6 is 11.6 Å². The summed E-state index contributed by atoms with van der Waals surface area (Å²) in [7, 11) is 0. The second kappa shape index (κ2) is 9.03. The van der Waals surface area contributed by atoms with Crippen molar-refractivity contribution >= 4 is 29.4 Å². The van der Waals surface area contributed by atoms with Crippen LogP contribution in [0.1, 0.15) is 38.2 Å². The molecule has 2 N–H and O–H groups in total. The van der Waals surface area contributed by atoms with Crippen molar-refractivity contribution in [1.82, 2.24) is 4.90 Å². The highest BCUT2D eigenvalue weighted by Gasteiger charge is 2.29. The zero-order valence-electron chi connectivity index (χ0n) is 15.1. The van der Waals surface area contributed by atoms with E-state index in [1.54, 1.807) is 29.2 Å². The molecule has 0 radical (unpaired) electrons. The number of ether oxygens (including phenoxy) is 1. The molecule has 0 bridgehead atoms. The molecule has 7 heteroatoms. The molecule has 0 aliphatic carbocycles. The van der Waals surface area contributed by atoms with Crippen LogP contribution in [-0.4, -0.2) is 42.4 Å². The SMILES string of the molecule is CC(C)[C@@H](C(=O)OCC(=O)N1CCC(C(N)=O)CC1)c1ccc(Cl)cc1. The van der Waals surface area contributed by atoms with Crippen molar-refractivity contribution in [2.24, 2.45) is 17.6 Å². The lowest BCUT2D eigenvalue weighted by atomic mass is 9.88. The molecule has 1 saturated heterocycles. The van der Waals surface area contributed by atoms with Crippen molar-refractivity contribution in [3.63, 3.8) is 0 Å². The maximum Gasteiger partial charge on any atom is 0.314 e. The number of nitrogens with two attached hydrogens (primary N) is 1. The quantitative estimate of drug-likeness (QED) is 0.767. The summed E-state index contributed by atoms with van der Waals surface area (Å²) in [4.78, 5) is 37.6. The molecule has 1 aliphatic heterocycles. The molecule has 142 valence electrons. The van der Waals surface area contributed by atoms with Gasteiger partial charge in [0.1, 0.15) is 0 Å². The monoisotopic (exact) mass is 380 g/mol. The van der Waals surface area contributed by atoms with Crippen molar-refractivity contribution in [3.05, 3.63) is 34.9 Å². The second-order valence-electron chi connectivity index (χ2n) is 6.94. The number of benzene rings is 1. The number of carbonyl (C=O) groups excluding carboxylic acids is 3. The summed E-state index contributed by atoms with van der Waals surface area (Å²) in [6, 6.07) is 7.05. The number of primary amides is 1. The van der Waals surface area contributed by atoms with Crippen molar-refractivity contribution in [2.45, 2.75) is 32.6 Å². The standard InChI is InChI=1S/C19H25ClN2O4/c1-12(2)17(13-3-5-15(20)6-4-13)19(25)26-11-16(23)22-9-7-14(8-10-22)18(21)24/h3-6,12,14,17H,7-11H2,1-2H3,(H2,21,24)/t17-/m1/s1. The van der Waals surface area contributed by atoms with Crippen molar-refractivity contribution < 1.29 is 19.1 Å². The summed E-state index contributed by atoms with van der Waals surface area (Å²) >= 11 is 5.90. The first kappa shape index (κ1) is 20.2. The molecule has 0 saturated carbocycles. The van der Waals surface area contributed by atoms with E-state index in [4.69, 9.17) is 22.1 Å². The van der Waals surface area contributed by atoms with Crippen LogP contribution in [0.4, 0.5) is 0 Å². The van der Waals surface area contributed by atoms with E-state index in [1.165, 1.54) is 0 Å². The maximum absolute atomic E-state index is 12.5. The highest BCUT2D eigenvalue weighted by atomic mass is 35.5. The van der Waals surface area contributed by atoms with Crippen molar-refractivity contribution in [1.29, 1.82) is 0 Å². The van der Waals surface area contributed by atoms with Gasteiger partial charge < -0.3 is 15.4 Å². The van der Waals surface area contributed by atoms with E-state index < -0.39 is 11.9 Å².